The molecule has 0 radical (unpaired) electrons. The number of nitrogens with zero attached hydrogens (tertiary/aromatic N) is 2. The van der Waals surface area contributed by atoms with E-state index in [0.29, 0.717) is 17.3 Å². The third kappa shape index (κ3) is 2.39. The first kappa shape index (κ1) is 12.2. The van der Waals surface area contributed by atoms with Crippen molar-refractivity contribution in [3.05, 3.63) is 11.9 Å². The molecular formula is C10H15N3O3. The molecule has 1 aromatic heterocycles. The van der Waals surface area contributed by atoms with E-state index in [0.717, 1.165) is 0 Å². The Kier molecular flexibility index (Phi) is 3.31. The van der Waals surface area contributed by atoms with Crippen molar-refractivity contribution in [2.24, 2.45) is 0 Å². The molecule has 0 unspecified atom stereocenters. The number of carbonyl (C=O) groups is 1. The lowest BCUT2D eigenvalue weighted by Crippen LogP contribution is -2.40. The van der Waals surface area contributed by atoms with E-state index in [2.05, 4.69) is 15.3 Å². The van der Waals surface area contributed by atoms with E-state index >= 15 is 0 Å². The molecule has 0 amide bonds. The summed E-state index contributed by atoms with van der Waals surface area (Å²) in [6.45, 7) is 4.88. The fraction of sp³-hybridized carbons (Fsp3) is 0.500. The second-order valence-corrected chi connectivity index (χ2v) is 3.91. The molecule has 0 fully saturated rings. The maximum atomic E-state index is 11.0. The molecule has 1 heterocycles. The molecule has 1 rings (SSSR count). The van der Waals surface area contributed by atoms with Gasteiger partial charge in [-0.3, -0.25) is 0 Å². The largest absolute Gasteiger partial charge is 0.481 e. The first-order valence-corrected chi connectivity index (χ1v) is 4.75. The SMILES string of the molecule is COc1ncnc(NC(C)(C)C(=O)O)c1C. The highest BCUT2D eigenvalue weighted by Gasteiger charge is 2.28. The zero-order chi connectivity index (χ0) is 12.3. The van der Waals surface area contributed by atoms with Crippen LogP contribution < -0.4 is 10.1 Å². The minimum Gasteiger partial charge on any atom is -0.481 e. The highest BCUT2D eigenvalue weighted by molar-refractivity contribution is 5.81. The van der Waals surface area contributed by atoms with Crippen LogP contribution in [0.4, 0.5) is 5.82 Å². The number of rotatable bonds is 4. The van der Waals surface area contributed by atoms with Gasteiger partial charge in [-0.25, -0.2) is 14.8 Å². The van der Waals surface area contributed by atoms with Crippen LogP contribution in [0.25, 0.3) is 0 Å². The summed E-state index contributed by atoms with van der Waals surface area (Å²) in [5, 5.41) is 11.8. The van der Waals surface area contributed by atoms with Gasteiger partial charge in [-0.1, -0.05) is 0 Å². The summed E-state index contributed by atoms with van der Waals surface area (Å²) in [5.41, 5.74) is -0.413. The summed E-state index contributed by atoms with van der Waals surface area (Å²) >= 11 is 0. The van der Waals surface area contributed by atoms with Crippen LogP contribution in [0.3, 0.4) is 0 Å². The lowest BCUT2D eigenvalue weighted by atomic mass is 10.1. The molecule has 0 aliphatic heterocycles. The van der Waals surface area contributed by atoms with Gasteiger partial charge < -0.3 is 15.2 Å². The molecule has 0 bridgehead atoms. The van der Waals surface area contributed by atoms with Crippen LogP contribution in [0, 0.1) is 6.92 Å². The maximum Gasteiger partial charge on any atom is 0.328 e. The third-order valence-electron chi connectivity index (χ3n) is 2.20. The lowest BCUT2D eigenvalue weighted by Gasteiger charge is -2.22. The number of ether oxygens (including phenoxy) is 1. The van der Waals surface area contributed by atoms with Crippen LogP contribution in [0.5, 0.6) is 5.88 Å². The second-order valence-electron chi connectivity index (χ2n) is 3.91. The molecule has 0 aliphatic carbocycles. The predicted molar refractivity (Wildman–Crippen MR) is 58.7 cm³/mol. The summed E-state index contributed by atoms with van der Waals surface area (Å²) in [7, 11) is 1.50. The number of carboxylic acid groups (broad SMARTS) is 1. The first-order valence-electron chi connectivity index (χ1n) is 4.75. The second kappa shape index (κ2) is 4.34. The van der Waals surface area contributed by atoms with Crippen molar-refractivity contribution in [2.45, 2.75) is 26.3 Å². The summed E-state index contributed by atoms with van der Waals surface area (Å²) in [6.07, 6.45) is 1.33. The Hall–Kier alpha value is -1.85. The van der Waals surface area contributed by atoms with Crippen LogP contribution in [-0.2, 0) is 4.79 Å². The Labute approximate surface area is 93.7 Å². The zero-order valence-corrected chi connectivity index (χ0v) is 9.74. The average molecular weight is 225 g/mol. The van der Waals surface area contributed by atoms with Crippen LogP contribution in [0.2, 0.25) is 0 Å². The lowest BCUT2D eigenvalue weighted by molar-refractivity contribution is -0.141. The predicted octanol–water partition coefficient (Wildman–Crippen LogP) is 1.07. The van der Waals surface area contributed by atoms with E-state index in [1.54, 1.807) is 20.8 Å². The molecule has 0 spiro atoms. The van der Waals surface area contributed by atoms with Crippen molar-refractivity contribution in [1.29, 1.82) is 0 Å². The van der Waals surface area contributed by atoms with Crippen LogP contribution >= 0.6 is 0 Å². The molecule has 0 atom stereocenters. The van der Waals surface area contributed by atoms with E-state index in [1.165, 1.54) is 13.4 Å². The average Bonchev–Trinajstić information content (AvgIpc) is 2.20. The van der Waals surface area contributed by atoms with Crippen LogP contribution in [-0.4, -0.2) is 33.7 Å². The van der Waals surface area contributed by atoms with Crippen molar-refractivity contribution in [3.63, 3.8) is 0 Å². The number of carboxylic acids is 1. The smallest absolute Gasteiger partial charge is 0.328 e. The minimum atomic E-state index is -1.09. The van der Waals surface area contributed by atoms with E-state index in [-0.39, 0.29) is 0 Å². The third-order valence-corrected chi connectivity index (χ3v) is 2.20. The van der Waals surface area contributed by atoms with E-state index in [1.807, 2.05) is 0 Å². The van der Waals surface area contributed by atoms with Gasteiger partial charge in [0.1, 0.15) is 17.7 Å². The number of anilines is 1. The van der Waals surface area contributed by atoms with Crippen molar-refractivity contribution in [3.8, 4) is 5.88 Å². The molecule has 1 aromatic rings. The van der Waals surface area contributed by atoms with E-state index in [4.69, 9.17) is 9.84 Å². The van der Waals surface area contributed by atoms with Crippen molar-refractivity contribution < 1.29 is 14.6 Å². The fourth-order valence-electron chi connectivity index (χ4n) is 1.12. The molecule has 6 heteroatoms. The number of aromatic nitrogens is 2. The Morgan fingerprint density at radius 1 is 1.50 bits per heavy atom. The molecule has 2 N–H and O–H groups in total. The molecule has 0 saturated carbocycles. The number of hydrogen-bond donors (Lipinski definition) is 2. The number of methoxy groups -OCH3 is 1. The molecule has 0 saturated heterocycles. The highest BCUT2D eigenvalue weighted by Crippen LogP contribution is 2.22. The number of aliphatic carboxylic acids is 1. The Morgan fingerprint density at radius 2 is 2.12 bits per heavy atom. The van der Waals surface area contributed by atoms with E-state index < -0.39 is 11.5 Å². The molecule has 88 valence electrons. The Morgan fingerprint density at radius 3 is 2.62 bits per heavy atom. The summed E-state index contributed by atoms with van der Waals surface area (Å²) < 4.78 is 5.02. The minimum absolute atomic E-state index is 0.429. The maximum absolute atomic E-state index is 11.0. The van der Waals surface area contributed by atoms with Gasteiger partial charge in [-0.05, 0) is 20.8 Å². The molecule has 16 heavy (non-hydrogen) atoms. The van der Waals surface area contributed by atoms with Gasteiger partial charge in [0.15, 0.2) is 0 Å². The fourth-order valence-corrected chi connectivity index (χ4v) is 1.12. The van der Waals surface area contributed by atoms with Gasteiger partial charge in [0.25, 0.3) is 0 Å². The zero-order valence-electron chi connectivity index (χ0n) is 9.74. The summed E-state index contributed by atoms with van der Waals surface area (Å²) in [6, 6.07) is 0. The number of hydrogen-bond acceptors (Lipinski definition) is 5. The van der Waals surface area contributed by atoms with Crippen LogP contribution in [0.1, 0.15) is 19.4 Å². The molecule has 6 nitrogen and oxygen atoms in total. The molecular weight excluding hydrogens is 210 g/mol. The van der Waals surface area contributed by atoms with Crippen molar-refractivity contribution >= 4 is 11.8 Å². The normalized spacial score (nSPS) is 11.0. The van der Waals surface area contributed by atoms with Gasteiger partial charge in [-0.2, -0.15) is 0 Å². The summed E-state index contributed by atoms with van der Waals surface area (Å²) in [5.74, 6) is -0.0672. The van der Waals surface area contributed by atoms with Crippen molar-refractivity contribution in [2.75, 3.05) is 12.4 Å². The standard InChI is InChI=1S/C10H15N3O3/c1-6-7(11-5-12-8(6)16-4)13-10(2,3)9(14)15/h5H,1-4H3,(H,14,15)(H,11,12,13). The topological polar surface area (TPSA) is 84.3 Å². The van der Waals surface area contributed by atoms with Crippen LogP contribution in [0.15, 0.2) is 6.33 Å². The highest BCUT2D eigenvalue weighted by atomic mass is 16.5. The monoisotopic (exact) mass is 225 g/mol. The molecule has 0 aliphatic rings. The van der Waals surface area contributed by atoms with Crippen molar-refractivity contribution in [1.82, 2.24) is 9.97 Å². The first-order chi connectivity index (χ1) is 7.38. The van der Waals surface area contributed by atoms with Gasteiger partial charge >= 0.3 is 5.97 Å². The quantitative estimate of drug-likeness (QED) is 0.797. The van der Waals surface area contributed by atoms with Gasteiger partial charge in [0, 0.05) is 0 Å². The Bertz CT molecular complexity index is 404. The summed E-state index contributed by atoms with van der Waals surface area (Å²) in [4.78, 5) is 18.9. The van der Waals surface area contributed by atoms with Gasteiger partial charge in [0.05, 0.1) is 12.7 Å². The Balaban J connectivity index is 3.02. The number of nitrogens with one attached hydrogen (secondary N) is 1. The van der Waals surface area contributed by atoms with E-state index in [9.17, 15) is 4.79 Å². The molecule has 0 aromatic carbocycles. The van der Waals surface area contributed by atoms with Gasteiger partial charge in [-0.15, -0.1) is 0 Å². The van der Waals surface area contributed by atoms with Gasteiger partial charge in [0.2, 0.25) is 5.88 Å².